The van der Waals surface area contributed by atoms with Crippen molar-refractivity contribution in [3.63, 3.8) is 0 Å². The highest BCUT2D eigenvalue weighted by molar-refractivity contribution is 6.32. The number of ether oxygens (including phenoxy) is 1. The van der Waals surface area contributed by atoms with Crippen LogP contribution in [0.5, 0.6) is 5.75 Å². The predicted molar refractivity (Wildman–Crippen MR) is 100 cm³/mol. The number of aromatic hydroxyl groups is 1. The lowest BCUT2D eigenvalue weighted by atomic mass is 9.95. The molecule has 1 amide bonds. The molecule has 6 nitrogen and oxygen atoms in total. The van der Waals surface area contributed by atoms with Crippen LogP contribution in [0.25, 0.3) is 0 Å². The highest BCUT2D eigenvalue weighted by Gasteiger charge is 2.28. The molecule has 2 aromatic carbocycles. The van der Waals surface area contributed by atoms with Crippen LogP contribution in [-0.2, 0) is 29.0 Å². The number of phenols is 1. The van der Waals surface area contributed by atoms with E-state index in [0.29, 0.717) is 17.0 Å². The Hall–Kier alpha value is -2.57. The van der Waals surface area contributed by atoms with Gasteiger partial charge < -0.3 is 20.3 Å². The van der Waals surface area contributed by atoms with Gasteiger partial charge in [0.2, 0.25) is 0 Å². The van der Waals surface area contributed by atoms with Gasteiger partial charge in [-0.2, -0.15) is 0 Å². The average molecular weight is 390 g/mol. The van der Waals surface area contributed by atoms with Crippen LogP contribution in [0.3, 0.4) is 0 Å². The number of benzene rings is 2. The molecule has 1 heterocycles. The third-order valence-electron chi connectivity index (χ3n) is 4.60. The molecule has 0 saturated heterocycles. The smallest absolute Gasteiger partial charge is 0.326 e. The molecule has 1 unspecified atom stereocenters. The molecule has 2 aromatic rings. The number of carbonyl (C=O) groups excluding carboxylic acids is 1. The summed E-state index contributed by atoms with van der Waals surface area (Å²) in [6, 6.07) is 9.24. The number of aliphatic carboxylic acids is 1. The highest BCUT2D eigenvalue weighted by Crippen LogP contribution is 2.36. The summed E-state index contributed by atoms with van der Waals surface area (Å²) in [5, 5.41) is 22.8. The number of hydrogen-bond donors (Lipinski definition) is 3. The maximum atomic E-state index is 12.6. The summed E-state index contributed by atoms with van der Waals surface area (Å²) in [7, 11) is 0. The van der Waals surface area contributed by atoms with E-state index >= 15 is 0 Å². The van der Waals surface area contributed by atoms with Crippen LogP contribution < -0.4 is 5.32 Å². The number of carboxylic acids is 1. The lowest BCUT2D eigenvalue weighted by molar-refractivity contribution is -0.139. The van der Waals surface area contributed by atoms with E-state index in [-0.39, 0.29) is 30.4 Å². The van der Waals surface area contributed by atoms with Gasteiger partial charge in [-0.15, -0.1) is 0 Å². The van der Waals surface area contributed by atoms with E-state index in [0.717, 1.165) is 11.1 Å². The third-order valence-corrected chi connectivity index (χ3v) is 4.94. The normalized spacial score (nSPS) is 17.0. The fourth-order valence-corrected chi connectivity index (χ4v) is 3.44. The number of nitrogens with one attached hydrogen (secondary N) is 1. The van der Waals surface area contributed by atoms with E-state index in [9.17, 15) is 19.8 Å². The first-order chi connectivity index (χ1) is 12.9. The number of halogens is 1. The van der Waals surface area contributed by atoms with Crippen LogP contribution in [0.4, 0.5) is 0 Å². The minimum absolute atomic E-state index is 0.0312. The second-order valence-corrected chi connectivity index (χ2v) is 7.00. The molecule has 0 spiro atoms. The van der Waals surface area contributed by atoms with Crippen molar-refractivity contribution in [3.05, 3.63) is 63.7 Å². The van der Waals surface area contributed by atoms with Gasteiger partial charge in [0.15, 0.2) is 0 Å². The summed E-state index contributed by atoms with van der Waals surface area (Å²) >= 11 is 6.29. The fraction of sp³-hybridized carbons (Fsp3) is 0.300. The monoisotopic (exact) mass is 389 g/mol. The molecule has 3 N–H and O–H groups in total. The molecule has 0 saturated carbocycles. The third kappa shape index (κ3) is 4.23. The van der Waals surface area contributed by atoms with Crippen molar-refractivity contribution < 1.29 is 24.5 Å². The quantitative estimate of drug-likeness (QED) is 0.730. The SMILES string of the molecule is C[C@@H]1Cc2c(Cl)cc(C(=O)NC(Cc3ccccc3)C(=O)O)c(O)c2CO1. The zero-order valence-corrected chi connectivity index (χ0v) is 15.5. The molecule has 0 fully saturated rings. The zero-order valence-electron chi connectivity index (χ0n) is 14.7. The second-order valence-electron chi connectivity index (χ2n) is 6.59. The van der Waals surface area contributed by atoms with Crippen molar-refractivity contribution >= 4 is 23.5 Å². The first kappa shape index (κ1) is 19.2. The van der Waals surface area contributed by atoms with Crippen LogP contribution >= 0.6 is 11.6 Å². The Bertz CT molecular complexity index is 868. The molecule has 142 valence electrons. The summed E-state index contributed by atoms with van der Waals surface area (Å²) in [6.45, 7) is 2.05. The molecular weight excluding hydrogens is 370 g/mol. The Morgan fingerprint density at radius 3 is 2.67 bits per heavy atom. The molecule has 2 atom stereocenters. The van der Waals surface area contributed by atoms with Crippen LogP contribution in [-0.4, -0.2) is 34.2 Å². The van der Waals surface area contributed by atoms with E-state index in [1.807, 2.05) is 13.0 Å². The number of phenolic OH excluding ortho intramolecular Hbond substituents is 1. The number of carbonyl (C=O) groups is 2. The van der Waals surface area contributed by atoms with Crippen molar-refractivity contribution in [1.29, 1.82) is 0 Å². The number of fused-ring (bicyclic) bond motifs is 1. The van der Waals surface area contributed by atoms with E-state index in [2.05, 4.69) is 5.32 Å². The van der Waals surface area contributed by atoms with E-state index in [1.54, 1.807) is 24.3 Å². The minimum atomic E-state index is -1.16. The van der Waals surface area contributed by atoms with Crippen LogP contribution in [0.2, 0.25) is 5.02 Å². The van der Waals surface area contributed by atoms with Crippen molar-refractivity contribution in [2.24, 2.45) is 0 Å². The summed E-state index contributed by atoms with van der Waals surface area (Å²) in [4.78, 5) is 24.2. The Morgan fingerprint density at radius 2 is 2.00 bits per heavy atom. The Balaban J connectivity index is 1.84. The van der Waals surface area contributed by atoms with Gasteiger partial charge in [-0.05, 0) is 24.1 Å². The van der Waals surface area contributed by atoms with E-state index in [1.165, 1.54) is 6.07 Å². The lowest BCUT2D eigenvalue weighted by Gasteiger charge is -2.25. The maximum Gasteiger partial charge on any atom is 0.326 e. The van der Waals surface area contributed by atoms with Gasteiger partial charge in [-0.25, -0.2) is 4.79 Å². The first-order valence-corrected chi connectivity index (χ1v) is 8.97. The minimum Gasteiger partial charge on any atom is -0.507 e. The number of carboxylic acid groups (broad SMARTS) is 1. The summed E-state index contributed by atoms with van der Waals surface area (Å²) < 4.78 is 5.53. The summed E-state index contributed by atoms with van der Waals surface area (Å²) in [5.74, 6) is -2.07. The van der Waals surface area contributed by atoms with E-state index < -0.39 is 17.9 Å². The Kier molecular flexibility index (Phi) is 5.68. The molecule has 0 bridgehead atoms. The molecule has 27 heavy (non-hydrogen) atoms. The molecule has 0 aliphatic carbocycles. The maximum absolute atomic E-state index is 12.6. The van der Waals surface area contributed by atoms with Crippen molar-refractivity contribution in [3.8, 4) is 5.75 Å². The van der Waals surface area contributed by atoms with Crippen LogP contribution in [0, 0.1) is 0 Å². The predicted octanol–water partition coefficient (Wildman–Crippen LogP) is 2.93. The van der Waals surface area contributed by atoms with Gasteiger partial charge in [0, 0.05) is 23.4 Å². The second kappa shape index (κ2) is 7.98. The molecule has 0 radical (unpaired) electrons. The zero-order chi connectivity index (χ0) is 19.6. The first-order valence-electron chi connectivity index (χ1n) is 8.59. The van der Waals surface area contributed by atoms with Gasteiger partial charge in [0.25, 0.3) is 5.91 Å². The fourth-order valence-electron chi connectivity index (χ4n) is 3.14. The molecule has 1 aliphatic heterocycles. The Labute approximate surface area is 161 Å². The van der Waals surface area contributed by atoms with Crippen LogP contribution in [0.1, 0.15) is 34.0 Å². The van der Waals surface area contributed by atoms with Crippen LogP contribution in [0.15, 0.2) is 36.4 Å². The lowest BCUT2D eigenvalue weighted by Crippen LogP contribution is -2.42. The highest BCUT2D eigenvalue weighted by atomic mass is 35.5. The standard InChI is InChI=1S/C20H20ClNO5/c1-11-7-13-15(10-27-11)18(23)14(9-16(13)21)19(24)22-17(20(25)26)8-12-5-3-2-4-6-12/h2-6,9,11,17,23H,7-8,10H2,1H3,(H,22,24)(H,25,26)/t11-,17?/m1/s1. The van der Waals surface area contributed by atoms with Gasteiger partial charge in [0.1, 0.15) is 11.8 Å². The summed E-state index contributed by atoms with van der Waals surface area (Å²) in [6.07, 6.45) is 0.633. The molecule has 0 aromatic heterocycles. The molecule has 7 heteroatoms. The summed E-state index contributed by atoms with van der Waals surface area (Å²) in [5.41, 5.74) is 1.95. The Morgan fingerprint density at radius 1 is 1.30 bits per heavy atom. The molecular formula is C20H20ClNO5. The van der Waals surface area contributed by atoms with Gasteiger partial charge >= 0.3 is 5.97 Å². The van der Waals surface area contributed by atoms with Gasteiger partial charge in [0.05, 0.1) is 18.3 Å². The average Bonchev–Trinajstić information content (AvgIpc) is 2.64. The van der Waals surface area contributed by atoms with Crippen molar-refractivity contribution in [2.75, 3.05) is 0 Å². The van der Waals surface area contributed by atoms with Crippen molar-refractivity contribution in [1.82, 2.24) is 5.32 Å². The van der Waals surface area contributed by atoms with E-state index in [4.69, 9.17) is 16.3 Å². The van der Waals surface area contributed by atoms with Crippen molar-refractivity contribution in [2.45, 2.75) is 38.5 Å². The number of hydrogen-bond acceptors (Lipinski definition) is 4. The number of rotatable bonds is 5. The largest absolute Gasteiger partial charge is 0.507 e. The molecule has 1 aliphatic rings. The van der Waals surface area contributed by atoms with Gasteiger partial charge in [-0.1, -0.05) is 41.9 Å². The number of amides is 1. The van der Waals surface area contributed by atoms with Gasteiger partial charge in [-0.3, -0.25) is 4.79 Å². The topological polar surface area (TPSA) is 95.9 Å². The molecule has 3 rings (SSSR count).